The number of amides is 3. The predicted octanol–water partition coefficient (Wildman–Crippen LogP) is 4.18. The lowest BCUT2D eigenvalue weighted by Crippen LogP contribution is -2.19. The lowest BCUT2D eigenvalue weighted by Gasteiger charge is -2.05. The van der Waals surface area contributed by atoms with Gasteiger partial charge in [-0.15, -0.1) is 22.7 Å². The number of aromatic nitrogens is 2. The first kappa shape index (κ1) is 22.7. The van der Waals surface area contributed by atoms with E-state index in [-0.39, 0.29) is 24.7 Å². The van der Waals surface area contributed by atoms with Crippen molar-refractivity contribution in [3.8, 4) is 0 Å². The van der Waals surface area contributed by atoms with Crippen LogP contribution in [-0.2, 0) is 27.2 Å². The van der Waals surface area contributed by atoms with Crippen molar-refractivity contribution in [2.45, 2.75) is 19.8 Å². The summed E-state index contributed by atoms with van der Waals surface area (Å²) >= 11 is 8.31. The Balaban J connectivity index is 1.48. The third-order valence-electron chi connectivity index (χ3n) is 3.63. The van der Waals surface area contributed by atoms with Crippen LogP contribution in [0.5, 0.6) is 0 Å². The first-order chi connectivity index (χ1) is 14.9. The molecule has 0 aliphatic carbocycles. The molecule has 0 saturated carbocycles. The van der Waals surface area contributed by atoms with E-state index in [1.807, 2.05) is 0 Å². The van der Waals surface area contributed by atoms with Gasteiger partial charge in [0.2, 0.25) is 5.91 Å². The van der Waals surface area contributed by atoms with Gasteiger partial charge in [0.1, 0.15) is 0 Å². The molecule has 31 heavy (non-hydrogen) atoms. The van der Waals surface area contributed by atoms with Crippen LogP contribution in [-0.4, -0.2) is 34.5 Å². The molecule has 3 aromatic rings. The van der Waals surface area contributed by atoms with Crippen molar-refractivity contribution in [3.05, 3.63) is 51.4 Å². The second-order valence-electron chi connectivity index (χ2n) is 6.08. The number of ether oxygens (including phenoxy) is 1. The van der Waals surface area contributed by atoms with Crippen molar-refractivity contribution >= 4 is 68.1 Å². The van der Waals surface area contributed by atoms with Crippen LogP contribution in [0.2, 0.25) is 5.02 Å². The van der Waals surface area contributed by atoms with Gasteiger partial charge in [-0.2, -0.15) is 0 Å². The van der Waals surface area contributed by atoms with E-state index >= 15 is 0 Å². The van der Waals surface area contributed by atoms with Crippen molar-refractivity contribution in [1.29, 1.82) is 0 Å². The van der Waals surface area contributed by atoms with E-state index in [2.05, 4.69) is 25.9 Å². The highest BCUT2D eigenvalue weighted by Gasteiger charge is 2.13. The van der Waals surface area contributed by atoms with Gasteiger partial charge >= 0.3 is 12.0 Å². The molecule has 12 heteroatoms. The first-order valence-electron chi connectivity index (χ1n) is 9.09. The molecule has 3 rings (SSSR count). The Kier molecular flexibility index (Phi) is 7.93. The van der Waals surface area contributed by atoms with Crippen molar-refractivity contribution in [3.63, 3.8) is 0 Å². The number of hydrogen-bond acceptors (Lipinski definition) is 8. The van der Waals surface area contributed by atoms with Crippen LogP contribution in [0, 0.1) is 0 Å². The maximum absolute atomic E-state index is 12.2. The highest BCUT2D eigenvalue weighted by molar-refractivity contribution is 7.14. The molecule has 0 aliphatic rings. The minimum Gasteiger partial charge on any atom is -0.466 e. The first-order valence-corrected chi connectivity index (χ1v) is 11.2. The molecule has 0 radical (unpaired) electrons. The molecule has 0 saturated heterocycles. The molecule has 2 heterocycles. The molecular formula is C19H18ClN5O4S2. The molecule has 3 amide bonds. The van der Waals surface area contributed by atoms with Crippen molar-refractivity contribution in [1.82, 2.24) is 9.97 Å². The topological polar surface area (TPSA) is 122 Å². The number of hydrogen-bond donors (Lipinski definition) is 3. The van der Waals surface area contributed by atoms with Gasteiger partial charge in [0.15, 0.2) is 10.3 Å². The molecule has 2 aromatic heterocycles. The monoisotopic (exact) mass is 479 g/mol. The number of esters is 1. The summed E-state index contributed by atoms with van der Waals surface area (Å²) in [6.45, 7) is 2.04. The number of carbonyl (C=O) groups is 3. The Morgan fingerprint density at radius 2 is 1.68 bits per heavy atom. The van der Waals surface area contributed by atoms with Gasteiger partial charge in [-0.25, -0.2) is 14.8 Å². The third kappa shape index (κ3) is 7.31. The van der Waals surface area contributed by atoms with E-state index in [0.717, 1.165) is 0 Å². The smallest absolute Gasteiger partial charge is 0.325 e. The fourth-order valence-electron chi connectivity index (χ4n) is 2.40. The summed E-state index contributed by atoms with van der Waals surface area (Å²) in [5.74, 6) is -0.676. The lowest BCUT2D eigenvalue weighted by molar-refractivity contribution is -0.142. The number of nitrogens with zero attached hydrogens (tertiary/aromatic N) is 2. The number of nitrogens with one attached hydrogen (secondary N) is 3. The normalized spacial score (nSPS) is 10.4. The Bertz CT molecular complexity index is 1080. The van der Waals surface area contributed by atoms with Gasteiger partial charge in [-0.1, -0.05) is 17.7 Å². The molecule has 0 spiro atoms. The summed E-state index contributed by atoms with van der Waals surface area (Å²) in [7, 11) is 0. The van der Waals surface area contributed by atoms with Crippen LogP contribution in [0.3, 0.4) is 0 Å². The molecule has 162 valence electrons. The second-order valence-corrected chi connectivity index (χ2v) is 8.24. The van der Waals surface area contributed by atoms with Crippen molar-refractivity contribution < 1.29 is 19.1 Å². The Hall–Kier alpha value is -3.02. The number of benzene rings is 1. The van der Waals surface area contributed by atoms with E-state index in [1.165, 1.54) is 22.7 Å². The van der Waals surface area contributed by atoms with Gasteiger partial charge < -0.3 is 15.4 Å². The average molecular weight is 480 g/mol. The maximum atomic E-state index is 12.2. The number of halogens is 1. The predicted molar refractivity (Wildman–Crippen MR) is 121 cm³/mol. The third-order valence-corrected chi connectivity index (χ3v) is 5.47. The number of carbonyl (C=O) groups excluding carboxylic acids is 3. The molecule has 0 atom stereocenters. The van der Waals surface area contributed by atoms with Gasteiger partial charge in [-0.05, 0) is 25.1 Å². The lowest BCUT2D eigenvalue weighted by atomic mass is 10.3. The van der Waals surface area contributed by atoms with E-state index in [1.54, 1.807) is 41.9 Å². The van der Waals surface area contributed by atoms with E-state index < -0.39 is 6.03 Å². The van der Waals surface area contributed by atoms with Crippen LogP contribution in [0.15, 0.2) is 35.0 Å². The largest absolute Gasteiger partial charge is 0.466 e. The molecule has 0 unspecified atom stereocenters. The van der Waals surface area contributed by atoms with E-state index in [9.17, 15) is 14.4 Å². The molecule has 1 aromatic carbocycles. The van der Waals surface area contributed by atoms with Crippen LogP contribution in [0.25, 0.3) is 0 Å². The Morgan fingerprint density at radius 3 is 2.35 bits per heavy atom. The van der Waals surface area contributed by atoms with Gasteiger partial charge in [-0.3, -0.25) is 14.9 Å². The van der Waals surface area contributed by atoms with Crippen molar-refractivity contribution in [2.75, 3.05) is 22.6 Å². The summed E-state index contributed by atoms with van der Waals surface area (Å²) < 4.78 is 4.87. The quantitative estimate of drug-likeness (QED) is 0.416. The van der Waals surface area contributed by atoms with Gasteiger partial charge in [0, 0.05) is 21.5 Å². The SMILES string of the molecule is CCOC(=O)Cc1csc(NC(=O)Cc2csc(NC(=O)Nc3cccc(Cl)c3)n2)n1. The molecule has 9 nitrogen and oxygen atoms in total. The van der Waals surface area contributed by atoms with E-state index in [4.69, 9.17) is 16.3 Å². The number of anilines is 3. The van der Waals surface area contributed by atoms with Crippen LogP contribution in [0.4, 0.5) is 20.7 Å². The molecule has 0 aliphatic heterocycles. The average Bonchev–Trinajstić information content (AvgIpc) is 3.31. The molecule has 0 bridgehead atoms. The van der Waals surface area contributed by atoms with Crippen molar-refractivity contribution in [2.24, 2.45) is 0 Å². The summed E-state index contributed by atoms with van der Waals surface area (Å²) in [4.78, 5) is 44.2. The zero-order valence-electron chi connectivity index (χ0n) is 16.3. The Labute approximate surface area is 190 Å². The summed E-state index contributed by atoms with van der Waals surface area (Å²) in [5, 5.41) is 12.6. The molecule has 3 N–H and O–H groups in total. The molecular weight excluding hydrogens is 462 g/mol. The fraction of sp³-hybridized carbons (Fsp3) is 0.211. The maximum Gasteiger partial charge on any atom is 0.325 e. The van der Waals surface area contributed by atoms with Crippen LogP contribution in [0.1, 0.15) is 18.3 Å². The summed E-state index contributed by atoms with van der Waals surface area (Å²) in [6.07, 6.45) is 0.0689. The summed E-state index contributed by atoms with van der Waals surface area (Å²) in [6, 6.07) is 6.29. The molecule has 0 fully saturated rings. The number of rotatable bonds is 8. The second kappa shape index (κ2) is 10.8. The number of thiazole rings is 2. The number of urea groups is 1. The highest BCUT2D eigenvalue weighted by atomic mass is 35.5. The van der Waals surface area contributed by atoms with Gasteiger partial charge in [0.05, 0.1) is 30.8 Å². The summed E-state index contributed by atoms with van der Waals surface area (Å²) in [5.41, 5.74) is 1.58. The minimum absolute atomic E-state index is 0.0148. The zero-order chi connectivity index (χ0) is 22.2. The minimum atomic E-state index is -0.468. The highest BCUT2D eigenvalue weighted by Crippen LogP contribution is 2.20. The Morgan fingerprint density at radius 1 is 1.00 bits per heavy atom. The van der Waals surface area contributed by atoms with Gasteiger partial charge in [0.25, 0.3) is 0 Å². The van der Waals surface area contributed by atoms with Crippen LogP contribution >= 0.6 is 34.3 Å². The zero-order valence-corrected chi connectivity index (χ0v) is 18.7. The van der Waals surface area contributed by atoms with Crippen LogP contribution < -0.4 is 16.0 Å². The fourth-order valence-corrected chi connectivity index (χ4v) is 4.03. The standard InChI is InChI=1S/C19H18ClN5O4S2/c1-2-29-16(27)8-14-10-30-18(23-14)24-15(26)7-13-9-31-19(22-13)25-17(28)21-12-5-3-4-11(20)6-12/h3-6,9-10H,2,7-8H2,1H3,(H,23,24,26)(H2,21,22,25,28). The van der Waals surface area contributed by atoms with E-state index in [0.29, 0.717) is 39.0 Å².